The van der Waals surface area contributed by atoms with Crippen molar-refractivity contribution < 1.29 is 13.2 Å². The van der Waals surface area contributed by atoms with Crippen molar-refractivity contribution in [2.24, 2.45) is 7.05 Å². The third-order valence-electron chi connectivity index (χ3n) is 4.25. The van der Waals surface area contributed by atoms with Crippen LogP contribution < -0.4 is 10.0 Å². The van der Waals surface area contributed by atoms with E-state index in [1.165, 1.54) is 6.08 Å². The van der Waals surface area contributed by atoms with E-state index >= 15 is 0 Å². The number of anilines is 1. The van der Waals surface area contributed by atoms with Gasteiger partial charge in [-0.2, -0.15) is 0 Å². The lowest BCUT2D eigenvalue weighted by Crippen LogP contribution is -2.29. The number of imidazole rings is 1. The Kier molecular flexibility index (Phi) is 6.59. The van der Waals surface area contributed by atoms with E-state index in [9.17, 15) is 13.2 Å². The molecule has 1 unspecified atom stereocenters. The average molecular weight is 445 g/mol. The molecule has 1 amide bonds. The van der Waals surface area contributed by atoms with E-state index in [-0.39, 0.29) is 5.91 Å². The maximum atomic E-state index is 12.6. The average Bonchev–Trinajstić information content (AvgIpc) is 3.11. The Bertz CT molecular complexity index is 1150. The molecule has 1 atom stereocenters. The van der Waals surface area contributed by atoms with Crippen molar-refractivity contribution >= 4 is 39.3 Å². The Labute approximate surface area is 180 Å². The first kappa shape index (κ1) is 21.6. The largest absolute Gasteiger partial charge is 0.339 e. The van der Waals surface area contributed by atoms with E-state index in [0.29, 0.717) is 16.5 Å². The number of hydrogen-bond donors (Lipinski definition) is 2. The molecule has 0 spiro atoms. The maximum absolute atomic E-state index is 12.6. The highest BCUT2D eigenvalue weighted by Crippen LogP contribution is 2.22. The fourth-order valence-electron chi connectivity index (χ4n) is 2.85. The molecule has 3 rings (SSSR count). The minimum atomic E-state index is -3.33. The van der Waals surface area contributed by atoms with Gasteiger partial charge in [-0.25, -0.2) is 13.4 Å². The third kappa shape index (κ3) is 5.95. The minimum Gasteiger partial charge on any atom is -0.339 e. The smallest absolute Gasteiger partial charge is 0.244 e. The van der Waals surface area contributed by atoms with Crippen LogP contribution in [0.5, 0.6) is 0 Å². The molecule has 30 heavy (non-hydrogen) atoms. The number of carbonyl (C=O) groups is 1. The van der Waals surface area contributed by atoms with Gasteiger partial charge in [0.25, 0.3) is 0 Å². The summed E-state index contributed by atoms with van der Waals surface area (Å²) in [7, 11) is -1.47. The van der Waals surface area contributed by atoms with Gasteiger partial charge in [-0.05, 0) is 41.5 Å². The number of rotatable bonds is 7. The lowest BCUT2D eigenvalue weighted by molar-refractivity contribution is -0.117. The lowest BCUT2D eigenvalue weighted by Gasteiger charge is -2.18. The first-order chi connectivity index (χ1) is 14.2. The molecule has 0 aliphatic carbocycles. The summed E-state index contributed by atoms with van der Waals surface area (Å²) in [6.45, 7) is 0. The number of hydrogen-bond acceptors (Lipinski definition) is 4. The van der Waals surface area contributed by atoms with Crippen LogP contribution in [0.25, 0.3) is 6.08 Å². The molecule has 1 aromatic heterocycles. The summed E-state index contributed by atoms with van der Waals surface area (Å²) in [5.41, 5.74) is 2.06. The molecule has 9 heteroatoms. The van der Waals surface area contributed by atoms with Crippen LogP contribution in [0.3, 0.4) is 0 Å². The minimum absolute atomic E-state index is 0.295. The first-order valence-corrected chi connectivity index (χ1v) is 11.3. The summed E-state index contributed by atoms with van der Waals surface area (Å²) in [6.07, 6.45) is 7.64. The molecule has 3 aromatic rings. The fraction of sp³-hybridized carbons (Fsp3) is 0.143. The molecule has 2 N–H and O–H groups in total. The zero-order chi connectivity index (χ0) is 21.7. The van der Waals surface area contributed by atoms with E-state index in [4.69, 9.17) is 11.6 Å². The van der Waals surface area contributed by atoms with Gasteiger partial charge >= 0.3 is 0 Å². The molecule has 0 saturated heterocycles. The molecule has 0 aliphatic rings. The van der Waals surface area contributed by atoms with Crippen LogP contribution in [0, 0.1) is 0 Å². The van der Waals surface area contributed by atoms with Crippen molar-refractivity contribution in [3.63, 3.8) is 0 Å². The predicted molar refractivity (Wildman–Crippen MR) is 119 cm³/mol. The highest BCUT2D eigenvalue weighted by atomic mass is 35.5. The van der Waals surface area contributed by atoms with Crippen molar-refractivity contribution in [2.45, 2.75) is 6.04 Å². The second-order valence-corrected chi connectivity index (χ2v) is 8.90. The molecule has 0 saturated carbocycles. The van der Waals surface area contributed by atoms with Crippen molar-refractivity contribution in [1.29, 1.82) is 0 Å². The van der Waals surface area contributed by atoms with Gasteiger partial charge in [0.2, 0.25) is 15.9 Å². The molecule has 1 heterocycles. The van der Waals surface area contributed by atoms with Gasteiger partial charge in [-0.1, -0.05) is 35.9 Å². The van der Waals surface area contributed by atoms with Crippen molar-refractivity contribution in [1.82, 2.24) is 14.9 Å². The van der Waals surface area contributed by atoms with Crippen molar-refractivity contribution in [3.8, 4) is 0 Å². The Morgan fingerprint density at radius 1 is 1.13 bits per heavy atom. The molecule has 2 aromatic carbocycles. The number of carbonyl (C=O) groups excluding carboxylic acids is 1. The van der Waals surface area contributed by atoms with Crippen LogP contribution in [0.4, 0.5) is 5.69 Å². The normalized spacial score (nSPS) is 12.6. The molecule has 0 aliphatic heterocycles. The predicted octanol–water partition coefficient (Wildman–Crippen LogP) is 3.36. The molecular weight excluding hydrogens is 424 g/mol. The van der Waals surface area contributed by atoms with Gasteiger partial charge in [0.1, 0.15) is 11.9 Å². The second kappa shape index (κ2) is 9.15. The molecule has 7 nitrogen and oxygen atoms in total. The Morgan fingerprint density at radius 3 is 2.37 bits per heavy atom. The van der Waals surface area contributed by atoms with Gasteiger partial charge in [0, 0.05) is 36.2 Å². The SMILES string of the molecule is Cn1ccnc1C(NC(=O)/C=C/c1ccc(NS(C)(=O)=O)cc1)c1ccc(Cl)cc1. The fourth-order valence-corrected chi connectivity index (χ4v) is 3.54. The number of nitrogens with one attached hydrogen (secondary N) is 2. The number of nitrogens with zero attached hydrogens (tertiary/aromatic N) is 2. The Morgan fingerprint density at radius 2 is 1.80 bits per heavy atom. The summed E-state index contributed by atoms with van der Waals surface area (Å²) in [5, 5.41) is 3.57. The van der Waals surface area contributed by atoms with E-state index < -0.39 is 16.1 Å². The zero-order valence-electron chi connectivity index (χ0n) is 16.4. The van der Waals surface area contributed by atoms with Crippen molar-refractivity contribution in [3.05, 3.63) is 89.0 Å². The zero-order valence-corrected chi connectivity index (χ0v) is 18.0. The Hall–Kier alpha value is -3.10. The Balaban J connectivity index is 1.74. The van der Waals surface area contributed by atoms with E-state index in [1.807, 2.05) is 29.9 Å². The van der Waals surface area contributed by atoms with Gasteiger partial charge < -0.3 is 9.88 Å². The van der Waals surface area contributed by atoms with E-state index in [0.717, 1.165) is 17.4 Å². The number of sulfonamides is 1. The summed E-state index contributed by atoms with van der Waals surface area (Å²) < 4.78 is 26.8. The number of halogens is 1. The standard InChI is InChI=1S/C21H21ClN4O3S/c1-26-14-13-23-21(26)20(16-6-8-17(22)9-7-16)24-19(27)12-5-15-3-10-18(11-4-15)25-30(2,28)29/h3-14,20,25H,1-2H3,(H,24,27)/b12-5+. The number of amides is 1. The summed E-state index contributed by atoms with van der Waals surface area (Å²) in [5.74, 6) is 0.395. The number of aryl methyl sites for hydroxylation is 1. The van der Waals surface area contributed by atoms with Gasteiger partial charge in [0.15, 0.2) is 0 Å². The quantitative estimate of drug-likeness (QED) is 0.546. The summed E-state index contributed by atoms with van der Waals surface area (Å²) in [6, 6.07) is 13.5. The summed E-state index contributed by atoms with van der Waals surface area (Å²) in [4.78, 5) is 16.9. The first-order valence-electron chi connectivity index (χ1n) is 9.00. The number of benzene rings is 2. The highest BCUT2D eigenvalue weighted by molar-refractivity contribution is 7.92. The molecular formula is C21H21ClN4O3S. The van der Waals surface area contributed by atoms with Crippen LogP contribution >= 0.6 is 11.6 Å². The van der Waals surface area contributed by atoms with E-state index in [2.05, 4.69) is 15.0 Å². The molecule has 0 fully saturated rings. The van der Waals surface area contributed by atoms with Crippen LogP contribution in [-0.2, 0) is 21.9 Å². The second-order valence-electron chi connectivity index (χ2n) is 6.72. The maximum Gasteiger partial charge on any atom is 0.244 e. The number of aromatic nitrogens is 2. The van der Waals surface area contributed by atoms with Crippen LogP contribution in [-0.4, -0.2) is 30.1 Å². The molecule has 0 radical (unpaired) electrons. The monoisotopic (exact) mass is 444 g/mol. The van der Waals surface area contributed by atoms with Crippen molar-refractivity contribution in [2.75, 3.05) is 11.0 Å². The van der Waals surface area contributed by atoms with Crippen LogP contribution in [0.2, 0.25) is 5.02 Å². The third-order valence-corrected chi connectivity index (χ3v) is 5.11. The topological polar surface area (TPSA) is 93.1 Å². The van der Waals surface area contributed by atoms with Gasteiger partial charge in [-0.3, -0.25) is 9.52 Å². The highest BCUT2D eigenvalue weighted by Gasteiger charge is 2.19. The van der Waals surface area contributed by atoms with Crippen LogP contribution in [0.15, 0.2) is 67.0 Å². The van der Waals surface area contributed by atoms with E-state index in [1.54, 1.807) is 48.7 Å². The molecule has 156 valence electrons. The lowest BCUT2D eigenvalue weighted by atomic mass is 10.1. The van der Waals surface area contributed by atoms with Gasteiger partial charge in [-0.15, -0.1) is 0 Å². The van der Waals surface area contributed by atoms with Crippen LogP contribution in [0.1, 0.15) is 23.0 Å². The summed E-state index contributed by atoms with van der Waals surface area (Å²) >= 11 is 5.99. The van der Waals surface area contributed by atoms with Gasteiger partial charge in [0.05, 0.1) is 6.26 Å². The molecule has 0 bridgehead atoms.